The first-order valence-electron chi connectivity index (χ1n) is 6.85. The lowest BCUT2D eigenvalue weighted by Crippen LogP contribution is -2.38. The third kappa shape index (κ3) is 4.37. The molecule has 0 aliphatic heterocycles. The molecule has 6 nitrogen and oxygen atoms in total. The molecule has 0 aliphatic rings. The molecule has 0 fully saturated rings. The van der Waals surface area contributed by atoms with Gasteiger partial charge < -0.3 is 14.8 Å². The van der Waals surface area contributed by atoms with Crippen LogP contribution in [0.4, 0.5) is 0 Å². The van der Waals surface area contributed by atoms with Crippen LogP contribution in [0.15, 0.2) is 21.2 Å². The summed E-state index contributed by atoms with van der Waals surface area (Å²) < 4.78 is 5.52. The predicted octanol–water partition coefficient (Wildman–Crippen LogP) is 1.86. The van der Waals surface area contributed by atoms with E-state index in [-0.39, 0.29) is 30.9 Å². The van der Waals surface area contributed by atoms with Gasteiger partial charge in [-0.15, -0.1) is 10.2 Å². The minimum atomic E-state index is -0.0851. The normalized spacial score (nSPS) is 13.9. The fourth-order valence-corrected chi connectivity index (χ4v) is 2.33. The average molecular weight is 309 g/mol. The van der Waals surface area contributed by atoms with E-state index in [9.17, 15) is 4.79 Å². The van der Waals surface area contributed by atoms with E-state index < -0.39 is 0 Å². The van der Waals surface area contributed by atoms with Crippen LogP contribution in [0.1, 0.15) is 26.2 Å². The van der Waals surface area contributed by atoms with Gasteiger partial charge in [-0.05, 0) is 24.3 Å². The van der Waals surface area contributed by atoms with Gasteiger partial charge >= 0.3 is 0 Å². The molecule has 0 aliphatic carbocycles. The van der Waals surface area contributed by atoms with E-state index >= 15 is 0 Å². The number of hydrogen-bond acceptors (Lipinski definition) is 6. The van der Waals surface area contributed by atoms with E-state index in [1.165, 1.54) is 0 Å². The standard InChI is InChI=1S/C14H19N3O3S/c1-9(7-18)10(2)15-12(19)3-4-13-16-17-14(20-13)11-5-6-21-8-11/h5-6,8-10,18H,3-4,7H2,1-2H3,(H,15,19). The van der Waals surface area contributed by atoms with Gasteiger partial charge in [0.25, 0.3) is 0 Å². The van der Waals surface area contributed by atoms with E-state index in [4.69, 9.17) is 9.52 Å². The number of amides is 1. The predicted molar refractivity (Wildman–Crippen MR) is 79.8 cm³/mol. The molecule has 2 aromatic heterocycles. The van der Waals surface area contributed by atoms with Gasteiger partial charge in [-0.3, -0.25) is 4.79 Å². The quantitative estimate of drug-likeness (QED) is 0.815. The lowest BCUT2D eigenvalue weighted by Gasteiger charge is -2.18. The zero-order valence-electron chi connectivity index (χ0n) is 12.1. The first-order chi connectivity index (χ1) is 10.1. The second-order valence-corrected chi connectivity index (χ2v) is 5.81. The fourth-order valence-electron chi connectivity index (χ4n) is 1.70. The summed E-state index contributed by atoms with van der Waals surface area (Å²) in [5.74, 6) is 0.878. The topological polar surface area (TPSA) is 88.2 Å². The van der Waals surface area contributed by atoms with Crippen LogP contribution in [0.25, 0.3) is 11.5 Å². The Hall–Kier alpha value is -1.73. The molecule has 1 amide bonds. The molecular formula is C14H19N3O3S. The first-order valence-corrected chi connectivity index (χ1v) is 7.79. The van der Waals surface area contributed by atoms with Gasteiger partial charge in [-0.1, -0.05) is 6.92 Å². The SMILES string of the molecule is CC(CO)C(C)NC(=O)CCc1nnc(-c2ccsc2)o1. The maximum absolute atomic E-state index is 11.8. The van der Waals surface area contributed by atoms with Crippen LogP contribution in [0.2, 0.25) is 0 Å². The van der Waals surface area contributed by atoms with Gasteiger partial charge in [0.15, 0.2) is 0 Å². The van der Waals surface area contributed by atoms with Crippen LogP contribution in [0.5, 0.6) is 0 Å². The summed E-state index contributed by atoms with van der Waals surface area (Å²) in [6.07, 6.45) is 0.691. The van der Waals surface area contributed by atoms with Gasteiger partial charge in [-0.2, -0.15) is 11.3 Å². The summed E-state index contributed by atoms with van der Waals surface area (Å²) in [5.41, 5.74) is 0.897. The fraction of sp³-hybridized carbons (Fsp3) is 0.500. The zero-order valence-corrected chi connectivity index (χ0v) is 12.9. The van der Waals surface area contributed by atoms with Crippen molar-refractivity contribution in [1.82, 2.24) is 15.5 Å². The zero-order chi connectivity index (χ0) is 15.2. The van der Waals surface area contributed by atoms with Crippen molar-refractivity contribution in [2.75, 3.05) is 6.61 Å². The molecule has 0 saturated carbocycles. The Morgan fingerprint density at radius 1 is 1.48 bits per heavy atom. The molecule has 2 heterocycles. The van der Waals surface area contributed by atoms with Gasteiger partial charge in [0.05, 0.1) is 0 Å². The third-order valence-electron chi connectivity index (χ3n) is 3.33. The van der Waals surface area contributed by atoms with Crippen molar-refractivity contribution in [3.63, 3.8) is 0 Å². The van der Waals surface area contributed by atoms with Gasteiger partial charge in [0.2, 0.25) is 17.7 Å². The van der Waals surface area contributed by atoms with Crippen LogP contribution in [-0.2, 0) is 11.2 Å². The lowest BCUT2D eigenvalue weighted by atomic mass is 10.1. The summed E-state index contributed by atoms with van der Waals surface area (Å²) in [7, 11) is 0. The molecule has 2 rings (SSSR count). The number of carbonyl (C=O) groups excluding carboxylic acids is 1. The number of rotatable bonds is 7. The Balaban J connectivity index is 1.82. The smallest absolute Gasteiger partial charge is 0.248 e. The second kappa shape index (κ2) is 7.33. The summed E-state index contributed by atoms with van der Waals surface area (Å²) >= 11 is 1.56. The van der Waals surface area contributed by atoms with Crippen molar-refractivity contribution in [3.05, 3.63) is 22.7 Å². The van der Waals surface area contributed by atoms with Gasteiger partial charge in [0.1, 0.15) is 0 Å². The Kier molecular flexibility index (Phi) is 5.46. The van der Waals surface area contributed by atoms with Crippen molar-refractivity contribution in [1.29, 1.82) is 0 Å². The molecule has 0 spiro atoms. The van der Waals surface area contributed by atoms with E-state index in [1.54, 1.807) is 11.3 Å². The summed E-state index contributed by atoms with van der Waals surface area (Å²) in [5, 5.41) is 23.7. The molecule has 0 bridgehead atoms. The van der Waals surface area contributed by atoms with Crippen LogP contribution >= 0.6 is 11.3 Å². The number of hydrogen-bond donors (Lipinski definition) is 2. The lowest BCUT2D eigenvalue weighted by molar-refractivity contribution is -0.122. The highest BCUT2D eigenvalue weighted by Gasteiger charge is 2.15. The second-order valence-electron chi connectivity index (χ2n) is 5.03. The number of nitrogens with zero attached hydrogens (tertiary/aromatic N) is 2. The molecule has 0 aromatic carbocycles. The first kappa shape index (κ1) is 15.7. The molecule has 2 atom stereocenters. The molecule has 0 saturated heterocycles. The number of aliphatic hydroxyl groups is 1. The third-order valence-corrected chi connectivity index (χ3v) is 4.01. The highest BCUT2D eigenvalue weighted by molar-refractivity contribution is 7.08. The highest BCUT2D eigenvalue weighted by atomic mass is 32.1. The van der Waals surface area contributed by atoms with E-state index in [2.05, 4.69) is 15.5 Å². The summed E-state index contributed by atoms with van der Waals surface area (Å²) in [6.45, 7) is 3.81. The van der Waals surface area contributed by atoms with E-state index in [1.807, 2.05) is 30.7 Å². The number of aliphatic hydroxyl groups excluding tert-OH is 1. The number of aromatic nitrogens is 2. The number of carbonyl (C=O) groups is 1. The maximum atomic E-state index is 11.8. The van der Waals surface area contributed by atoms with Gasteiger partial charge in [0, 0.05) is 36.4 Å². The minimum Gasteiger partial charge on any atom is -0.421 e. The van der Waals surface area contributed by atoms with Crippen LogP contribution in [0, 0.1) is 5.92 Å². The van der Waals surface area contributed by atoms with E-state index in [0.717, 1.165) is 5.56 Å². The van der Waals surface area contributed by atoms with Crippen molar-refractivity contribution >= 4 is 17.2 Å². The van der Waals surface area contributed by atoms with Crippen molar-refractivity contribution < 1.29 is 14.3 Å². The van der Waals surface area contributed by atoms with Crippen molar-refractivity contribution in [3.8, 4) is 11.5 Å². The Morgan fingerprint density at radius 2 is 2.29 bits per heavy atom. The summed E-state index contributed by atoms with van der Waals surface area (Å²) in [4.78, 5) is 11.8. The molecule has 21 heavy (non-hydrogen) atoms. The number of thiophene rings is 1. The highest BCUT2D eigenvalue weighted by Crippen LogP contribution is 2.20. The minimum absolute atomic E-state index is 0.0301. The molecule has 2 aromatic rings. The summed E-state index contributed by atoms with van der Waals surface area (Å²) in [6, 6.07) is 1.85. The van der Waals surface area contributed by atoms with Crippen molar-refractivity contribution in [2.24, 2.45) is 5.92 Å². The number of aryl methyl sites for hydroxylation is 1. The molecule has 114 valence electrons. The average Bonchev–Trinajstić information content (AvgIpc) is 3.14. The molecule has 0 radical (unpaired) electrons. The molecule has 2 N–H and O–H groups in total. The largest absolute Gasteiger partial charge is 0.421 e. The van der Waals surface area contributed by atoms with Gasteiger partial charge in [-0.25, -0.2) is 0 Å². The van der Waals surface area contributed by atoms with Crippen LogP contribution in [-0.4, -0.2) is 33.9 Å². The Morgan fingerprint density at radius 3 is 2.95 bits per heavy atom. The van der Waals surface area contributed by atoms with Crippen LogP contribution < -0.4 is 5.32 Å². The maximum Gasteiger partial charge on any atom is 0.248 e. The molecule has 2 unspecified atom stereocenters. The molecule has 7 heteroatoms. The van der Waals surface area contributed by atoms with Crippen LogP contribution in [0.3, 0.4) is 0 Å². The van der Waals surface area contributed by atoms with E-state index in [0.29, 0.717) is 18.2 Å². The Bertz CT molecular complexity index is 568. The monoisotopic (exact) mass is 309 g/mol. The van der Waals surface area contributed by atoms with Crippen molar-refractivity contribution in [2.45, 2.75) is 32.7 Å². The Labute approximate surface area is 127 Å². The number of nitrogens with one attached hydrogen (secondary N) is 1. The molecular weight excluding hydrogens is 290 g/mol.